The molecular formula is C17H23Cl2NO3. The van der Waals surface area contributed by atoms with Crippen LogP contribution in [-0.4, -0.2) is 34.4 Å². The van der Waals surface area contributed by atoms with Crippen LogP contribution in [0.2, 0.25) is 10.0 Å². The Kier molecular flexibility index (Phi) is 6.51. The smallest absolute Gasteiger partial charge is 0.408 e. The normalized spacial score (nSPS) is 14.2. The third-order valence-electron chi connectivity index (χ3n) is 3.58. The molecule has 6 heteroatoms. The van der Waals surface area contributed by atoms with E-state index in [0.29, 0.717) is 15.6 Å². The van der Waals surface area contributed by atoms with Crippen LogP contribution in [0.1, 0.15) is 32.8 Å². The van der Waals surface area contributed by atoms with Gasteiger partial charge in [-0.2, -0.15) is 0 Å². The van der Waals surface area contributed by atoms with Gasteiger partial charge in [0.25, 0.3) is 0 Å². The van der Waals surface area contributed by atoms with E-state index in [-0.39, 0.29) is 25.0 Å². The van der Waals surface area contributed by atoms with Gasteiger partial charge in [0, 0.05) is 6.54 Å². The number of hydrogen-bond acceptors (Lipinski definition) is 2. The van der Waals surface area contributed by atoms with E-state index >= 15 is 0 Å². The van der Waals surface area contributed by atoms with Gasteiger partial charge in [-0.05, 0) is 29.5 Å². The van der Waals surface area contributed by atoms with Crippen LogP contribution in [-0.2, 0) is 5.54 Å². The van der Waals surface area contributed by atoms with Crippen LogP contribution in [0.5, 0.6) is 0 Å². The summed E-state index contributed by atoms with van der Waals surface area (Å²) in [4.78, 5) is 13.2. The first kappa shape index (κ1) is 19.8. The maximum Gasteiger partial charge on any atom is 0.408 e. The quantitative estimate of drug-likeness (QED) is 0.718. The van der Waals surface area contributed by atoms with Crippen molar-refractivity contribution < 1.29 is 15.0 Å². The minimum Gasteiger partial charge on any atom is -0.465 e. The zero-order valence-electron chi connectivity index (χ0n) is 13.6. The number of rotatable bonds is 6. The average molecular weight is 360 g/mol. The van der Waals surface area contributed by atoms with Crippen molar-refractivity contribution in [3.8, 4) is 0 Å². The number of halogens is 2. The summed E-state index contributed by atoms with van der Waals surface area (Å²) in [7, 11) is 0. The second-order valence-corrected chi connectivity index (χ2v) is 7.56. The standard InChI is InChI=1S/C17H23Cl2NO3/c1-5-8-17(11-21,12-6-7-13(18)14(19)9-12)20(15(22)23)10-16(2,3)4/h5-7,9,21H,1,8,10-11H2,2-4H3,(H,22,23). The summed E-state index contributed by atoms with van der Waals surface area (Å²) < 4.78 is 0. The van der Waals surface area contributed by atoms with Gasteiger partial charge in [-0.15, -0.1) is 6.58 Å². The number of carboxylic acid groups (broad SMARTS) is 1. The molecule has 1 rings (SSSR count). The molecule has 1 unspecified atom stereocenters. The SMILES string of the molecule is C=CCC(CO)(c1ccc(Cl)c(Cl)c1)N(CC(C)(C)C)C(=O)O. The van der Waals surface area contributed by atoms with E-state index in [2.05, 4.69) is 6.58 Å². The summed E-state index contributed by atoms with van der Waals surface area (Å²) >= 11 is 12.0. The first-order chi connectivity index (χ1) is 10.6. The molecule has 1 atom stereocenters. The second-order valence-electron chi connectivity index (χ2n) is 6.74. The van der Waals surface area contributed by atoms with Crippen LogP contribution in [0.4, 0.5) is 4.79 Å². The molecule has 0 saturated carbocycles. The van der Waals surface area contributed by atoms with Crippen LogP contribution >= 0.6 is 23.2 Å². The lowest BCUT2D eigenvalue weighted by atomic mass is 9.83. The fourth-order valence-corrected chi connectivity index (χ4v) is 2.82. The Labute approximate surface area is 147 Å². The van der Waals surface area contributed by atoms with Crippen molar-refractivity contribution in [2.24, 2.45) is 5.41 Å². The number of aliphatic hydroxyl groups is 1. The monoisotopic (exact) mass is 359 g/mol. The molecule has 0 radical (unpaired) electrons. The summed E-state index contributed by atoms with van der Waals surface area (Å²) in [5.74, 6) is 0. The van der Waals surface area contributed by atoms with Crippen molar-refractivity contribution in [3.63, 3.8) is 0 Å². The highest BCUT2D eigenvalue weighted by Crippen LogP contribution is 2.37. The van der Waals surface area contributed by atoms with E-state index in [1.165, 1.54) is 4.90 Å². The molecule has 0 heterocycles. The van der Waals surface area contributed by atoms with E-state index in [0.717, 1.165) is 0 Å². The predicted molar refractivity (Wildman–Crippen MR) is 94.2 cm³/mol. The van der Waals surface area contributed by atoms with Crippen molar-refractivity contribution >= 4 is 29.3 Å². The summed E-state index contributed by atoms with van der Waals surface area (Å²) in [6, 6.07) is 4.89. The maximum absolute atomic E-state index is 11.9. The second kappa shape index (κ2) is 7.56. The number of nitrogens with zero attached hydrogens (tertiary/aromatic N) is 1. The summed E-state index contributed by atoms with van der Waals surface area (Å²) in [5, 5.41) is 20.5. The van der Waals surface area contributed by atoms with Crippen LogP contribution in [0.25, 0.3) is 0 Å². The Morgan fingerprint density at radius 1 is 1.30 bits per heavy atom. The van der Waals surface area contributed by atoms with Gasteiger partial charge in [0.2, 0.25) is 0 Å². The van der Waals surface area contributed by atoms with Gasteiger partial charge in [0.15, 0.2) is 0 Å². The lowest BCUT2D eigenvalue weighted by Gasteiger charge is -2.44. The van der Waals surface area contributed by atoms with Gasteiger partial charge < -0.3 is 10.2 Å². The molecule has 0 aliphatic carbocycles. The van der Waals surface area contributed by atoms with Crippen molar-refractivity contribution in [3.05, 3.63) is 46.5 Å². The van der Waals surface area contributed by atoms with Crippen molar-refractivity contribution in [2.75, 3.05) is 13.2 Å². The maximum atomic E-state index is 11.9. The lowest BCUT2D eigenvalue weighted by Crippen LogP contribution is -2.54. The third kappa shape index (κ3) is 4.63. The zero-order valence-corrected chi connectivity index (χ0v) is 15.2. The number of hydrogen-bond donors (Lipinski definition) is 2. The topological polar surface area (TPSA) is 60.8 Å². The van der Waals surface area contributed by atoms with Gasteiger partial charge >= 0.3 is 6.09 Å². The number of benzene rings is 1. The number of aliphatic hydroxyl groups excluding tert-OH is 1. The molecule has 0 saturated heterocycles. The molecule has 1 aromatic rings. The van der Waals surface area contributed by atoms with Gasteiger partial charge in [-0.1, -0.05) is 56.1 Å². The van der Waals surface area contributed by atoms with E-state index in [9.17, 15) is 15.0 Å². The average Bonchev–Trinajstić information content (AvgIpc) is 2.44. The molecule has 128 valence electrons. The van der Waals surface area contributed by atoms with Crippen LogP contribution < -0.4 is 0 Å². The van der Waals surface area contributed by atoms with Gasteiger partial charge in [-0.25, -0.2) is 4.79 Å². The predicted octanol–water partition coefficient (Wildman–Crippen LogP) is 4.78. The van der Waals surface area contributed by atoms with E-state index < -0.39 is 11.6 Å². The molecule has 0 fully saturated rings. The molecule has 0 aliphatic heterocycles. The molecule has 0 bridgehead atoms. The minimum atomic E-state index is -1.16. The van der Waals surface area contributed by atoms with Crippen molar-refractivity contribution in [2.45, 2.75) is 32.7 Å². The molecule has 1 amide bonds. The first-order valence-corrected chi connectivity index (χ1v) is 8.01. The van der Waals surface area contributed by atoms with Crippen LogP contribution in [0.15, 0.2) is 30.9 Å². The van der Waals surface area contributed by atoms with E-state index in [1.54, 1.807) is 24.3 Å². The molecule has 23 heavy (non-hydrogen) atoms. The Morgan fingerprint density at radius 2 is 1.91 bits per heavy atom. The zero-order chi connectivity index (χ0) is 17.8. The highest BCUT2D eigenvalue weighted by atomic mass is 35.5. The van der Waals surface area contributed by atoms with E-state index in [1.807, 2.05) is 20.8 Å². The minimum absolute atomic E-state index is 0.247. The molecular weight excluding hydrogens is 337 g/mol. The Hall–Kier alpha value is -1.23. The molecule has 0 spiro atoms. The molecule has 2 N–H and O–H groups in total. The first-order valence-electron chi connectivity index (χ1n) is 7.25. The fraction of sp³-hybridized carbons (Fsp3) is 0.471. The van der Waals surface area contributed by atoms with E-state index in [4.69, 9.17) is 23.2 Å². The van der Waals surface area contributed by atoms with Crippen LogP contribution in [0, 0.1) is 5.41 Å². The highest BCUT2D eigenvalue weighted by molar-refractivity contribution is 6.42. The molecule has 0 aromatic heterocycles. The summed E-state index contributed by atoms with van der Waals surface area (Å²) in [6.45, 7) is 9.38. The molecule has 1 aromatic carbocycles. The third-order valence-corrected chi connectivity index (χ3v) is 4.32. The summed E-state index contributed by atoms with van der Waals surface area (Å²) in [6.07, 6.45) is 0.739. The van der Waals surface area contributed by atoms with Gasteiger partial charge in [-0.3, -0.25) is 4.90 Å². The Balaban J connectivity index is 3.52. The number of carbonyl (C=O) groups is 1. The highest BCUT2D eigenvalue weighted by Gasteiger charge is 2.42. The Morgan fingerprint density at radius 3 is 2.30 bits per heavy atom. The lowest BCUT2D eigenvalue weighted by molar-refractivity contribution is 0.0136. The molecule has 0 aliphatic rings. The van der Waals surface area contributed by atoms with Crippen molar-refractivity contribution in [1.82, 2.24) is 4.90 Å². The fourth-order valence-electron chi connectivity index (χ4n) is 2.53. The number of amides is 1. The van der Waals surface area contributed by atoms with Crippen LogP contribution in [0.3, 0.4) is 0 Å². The Bertz CT molecular complexity index is 584. The largest absolute Gasteiger partial charge is 0.465 e. The molecule has 4 nitrogen and oxygen atoms in total. The van der Waals surface area contributed by atoms with Gasteiger partial charge in [0.05, 0.1) is 22.2 Å². The van der Waals surface area contributed by atoms with Gasteiger partial charge in [0.1, 0.15) is 0 Å². The summed E-state index contributed by atoms with van der Waals surface area (Å²) in [5.41, 5.74) is -0.855. The van der Waals surface area contributed by atoms with Crippen molar-refractivity contribution in [1.29, 1.82) is 0 Å².